The van der Waals surface area contributed by atoms with Crippen molar-refractivity contribution in [1.82, 2.24) is 15.2 Å². The topological polar surface area (TPSA) is 62.3 Å². The Morgan fingerprint density at radius 3 is 2.93 bits per heavy atom. The van der Waals surface area contributed by atoms with Gasteiger partial charge in [-0.25, -0.2) is 4.98 Å². The van der Waals surface area contributed by atoms with Gasteiger partial charge in [-0.3, -0.25) is 9.59 Å². The van der Waals surface area contributed by atoms with Gasteiger partial charge in [0, 0.05) is 43.8 Å². The Labute approximate surface area is 171 Å². The van der Waals surface area contributed by atoms with Gasteiger partial charge >= 0.3 is 0 Å². The third-order valence-corrected chi connectivity index (χ3v) is 6.38. The van der Waals surface area contributed by atoms with Crippen LogP contribution in [-0.4, -0.2) is 41.3 Å². The molecule has 1 saturated heterocycles. The fourth-order valence-corrected chi connectivity index (χ4v) is 4.55. The van der Waals surface area contributed by atoms with Gasteiger partial charge in [-0.1, -0.05) is 31.2 Å². The number of aryl methyl sites for hydroxylation is 1. The molecule has 0 aliphatic carbocycles. The van der Waals surface area contributed by atoms with E-state index in [9.17, 15) is 9.59 Å². The number of hydrogen-bond acceptors (Lipinski definition) is 4. The van der Waals surface area contributed by atoms with Gasteiger partial charge in [0.15, 0.2) is 0 Å². The molecule has 1 aliphatic heterocycles. The van der Waals surface area contributed by atoms with Crippen LogP contribution in [0.3, 0.4) is 0 Å². The third kappa shape index (κ3) is 5.41. The van der Waals surface area contributed by atoms with Crippen LogP contribution in [-0.2, 0) is 22.4 Å². The first-order valence-electron chi connectivity index (χ1n) is 10.1. The Morgan fingerprint density at radius 2 is 2.14 bits per heavy atom. The number of nitrogens with one attached hydrogen (secondary N) is 1. The maximum Gasteiger partial charge on any atom is 0.227 e. The van der Waals surface area contributed by atoms with E-state index in [1.165, 1.54) is 5.56 Å². The van der Waals surface area contributed by atoms with Gasteiger partial charge in [0.2, 0.25) is 11.8 Å². The zero-order valence-corrected chi connectivity index (χ0v) is 17.6. The standard InChI is InChI=1S/C22H29N3O2S/c1-3-20(26)23-11-10-19-15-28-22(24-19)18-9-6-12-25(14-18)21(27)13-17-8-5-4-7-16(17)2/h4-5,7-8,15,18H,3,6,9-14H2,1-2H3,(H,23,26)/t18-/m1/s1. The van der Waals surface area contributed by atoms with Crippen molar-refractivity contribution in [2.75, 3.05) is 19.6 Å². The van der Waals surface area contributed by atoms with Crippen molar-refractivity contribution in [3.05, 3.63) is 51.5 Å². The van der Waals surface area contributed by atoms with Crippen LogP contribution in [0.2, 0.25) is 0 Å². The fourth-order valence-electron chi connectivity index (χ4n) is 3.57. The molecule has 0 bridgehead atoms. The molecule has 150 valence electrons. The molecule has 6 heteroatoms. The molecule has 2 aromatic rings. The van der Waals surface area contributed by atoms with E-state index in [1.54, 1.807) is 11.3 Å². The van der Waals surface area contributed by atoms with Crippen LogP contribution in [0.25, 0.3) is 0 Å². The van der Waals surface area contributed by atoms with Crippen LogP contribution in [0.15, 0.2) is 29.6 Å². The van der Waals surface area contributed by atoms with E-state index >= 15 is 0 Å². The second-order valence-electron chi connectivity index (χ2n) is 7.41. The zero-order valence-electron chi connectivity index (χ0n) is 16.7. The quantitative estimate of drug-likeness (QED) is 0.775. The predicted molar refractivity (Wildman–Crippen MR) is 113 cm³/mol. The number of piperidine rings is 1. The molecule has 0 spiro atoms. The summed E-state index contributed by atoms with van der Waals surface area (Å²) in [4.78, 5) is 30.9. The molecule has 0 unspecified atom stereocenters. The van der Waals surface area contributed by atoms with Crippen LogP contribution >= 0.6 is 11.3 Å². The lowest BCUT2D eigenvalue weighted by molar-refractivity contribution is -0.131. The van der Waals surface area contributed by atoms with E-state index in [0.717, 1.165) is 48.6 Å². The summed E-state index contributed by atoms with van der Waals surface area (Å²) < 4.78 is 0. The molecule has 1 aromatic carbocycles. The largest absolute Gasteiger partial charge is 0.356 e. The van der Waals surface area contributed by atoms with Crippen LogP contribution in [0.1, 0.15) is 53.9 Å². The average Bonchev–Trinajstić information content (AvgIpc) is 3.18. The summed E-state index contributed by atoms with van der Waals surface area (Å²) in [5.74, 6) is 0.599. The molecular weight excluding hydrogens is 370 g/mol. The molecule has 28 heavy (non-hydrogen) atoms. The van der Waals surface area contributed by atoms with Crippen molar-refractivity contribution in [3.8, 4) is 0 Å². The summed E-state index contributed by atoms with van der Waals surface area (Å²) in [5.41, 5.74) is 3.31. The van der Waals surface area contributed by atoms with Crippen LogP contribution in [0.5, 0.6) is 0 Å². The number of hydrogen-bond donors (Lipinski definition) is 1. The highest BCUT2D eigenvalue weighted by molar-refractivity contribution is 7.09. The minimum atomic E-state index is 0.0746. The third-order valence-electron chi connectivity index (χ3n) is 5.32. The highest BCUT2D eigenvalue weighted by Crippen LogP contribution is 2.29. The maximum absolute atomic E-state index is 12.8. The fraction of sp³-hybridized carbons (Fsp3) is 0.500. The highest BCUT2D eigenvalue weighted by atomic mass is 32.1. The number of nitrogens with zero attached hydrogens (tertiary/aromatic N) is 2. The summed E-state index contributed by atoms with van der Waals surface area (Å²) in [6.07, 6.45) is 3.83. The number of carbonyl (C=O) groups is 2. The summed E-state index contributed by atoms with van der Waals surface area (Å²) in [5, 5.41) is 6.09. The van der Waals surface area contributed by atoms with E-state index in [4.69, 9.17) is 4.98 Å². The number of rotatable bonds is 7. The van der Waals surface area contributed by atoms with E-state index in [2.05, 4.69) is 23.7 Å². The Kier molecular flexibility index (Phi) is 7.20. The Balaban J connectivity index is 1.55. The molecule has 1 atom stereocenters. The van der Waals surface area contributed by atoms with E-state index in [1.807, 2.05) is 30.0 Å². The monoisotopic (exact) mass is 399 g/mol. The molecule has 1 N–H and O–H groups in total. The minimum Gasteiger partial charge on any atom is -0.356 e. The van der Waals surface area contributed by atoms with E-state index < -0.39 is 0 Å². The van der Waals surface area contributed by atoms with Crippen molar-refractivity contribution in [1.29, 1.82) is 0 Å². The summed E-state index contributed by atoms with van der Waals surface area (Å²) >= 11 is 1.68. The minimum absolute atomic E-state index is 0.0746. The number of aromatic nitrogens is 1. The molecule has 5 nitrogen and oxygen atoms in total. The second kappa shape index (κ2) is 9.82. The van der Waals surface area contributed by atoms with Gasteiger partial charge in [0.1, 0.15) is 0 Å². The first kappa shape index (κ1) is 20.5. The van der Waals surface area contributed by atoms with Gasteiger partial charge in [-0.2, -0.15) is 0 Å². The van der Waals surface area contributed by atoms with Crippen molar-refractivity contribution < 1.29 is 9.59 Å². The average molecular weight is 400 g/mol. The molecule has 1 aliphatic rings. The first-order chi connectivity index (χ1) is 13.6. The highest BCUT2D eigenvalue weighted by Gasteiger charge is 2.26. The lowest BCUT2D eigenvalue weighted by Crippen LogP contribution is -2.40. The van der Waals surface area contributed by atoms with E-state index in [0.29, 0.717) is 25.3 Å². The SMILES string of the molecule is CCC(=O)NCCc1csc([C@@H]2CCCN(C(=O)Cc3ccccc3C)C2)n1. The Hall–Kier alpha value is -2.21. The number of thiazole rings is 1. The number of amides is 2. The molecule has 2 amide bonds. The normalized spacial score (nSPS) is 16.8. The second-order valence-corrected chi connectivity index (χ2v) is 8.30. The Morgan fingerprint density at radius 1 is 1.32 bits per heavy atom. The summed E-state index contributed by atoms with van der Waals surface area (Å²) in [6.45, 7) is 6.13. The maximum atomic E-state index is 12.8. The van der Waals surface area contributed by atoms with Gasteiger partial charge in [0.25, 0.3) is 0 Å². The van der Waals surface area contributed by atoms with Gasteiger partial charge in [0.05, 0.1) is 17.1 Å². The predicted octanol–water partition coefficient (Wildman–Crippen LogP) is 3.47. The van der Waals surface area contributed by atoms with Gasteiger partial charge in [-0.05, 0) is 30.9 Å². The number of benzene rings is 1. The summed E-state index contributed by atoms with van der Waals surface area (Å²) in [6, 6.07) is 8.10. The van der Waals surface area contributed by atoms with Crippen molar-refractivity contribution in [2.24, 2.45) is 0 Å². The molecule has 1 aromatic heterocycles. The molecule has 3 rings (SSSR count). The first-order valence-corrected chi connectivity index (χ1v) is 11.0. The Bertz CT molecular complexity index is 818. The van der Waals surface area contributed by atoms with Crippen LogP contribution in [0, 0.1) is 6.92 Å². The lowest BCUT2D eigenvalue weighted by atomic mass is 9.97. The molecular formula is C22H29N3O2S. The lowest BCUT2D eigenvalue weighted by Gasteiger charge is -2.32. The number of carbonyl (C=O) groups excluding carboxylic acids is 2. The molecule has 0 saturated carbocycles. The van der Waals surface area contributed by atoms with E-state index in [-0.39, 0.29) is 11.8 Å². The van der Waals surface area contributed by atoms with Crippen LogP contribution in [0.4, 0.5) is 0 Å². The zero-order chi connectivity index (χ0) is 19.9. The van der Waals surface area contributed by atoms with Gasteiger partial charge < -0.3 is 10.2 Å². The molecule has 2 heterocycles. The number of likely N-dealkylation sites (tertiary alicyclic amines) is 1. The summed E-state index contributed by atoms with van der Waals surface area (Å²) in [7, 11) is 0. The smallest absolute Gasteiger partial charge is 0.227 e. The molecule has 1 fully saturated rings. The van der Waals surface area contributed by atoms with Crippen molar-refractivity contribution >= 4 is 23.2 Å². The van der Waals surface area contributed by atoms with Crippen molar-refractivity contribution in [3.63, 3.8) is 0 Å². The van der Waals surface area contributed by atoms with Gasteiger partial charge in [-0.15, -0.1) is 11.3 Å². The molecule has 0 radical (unpaired) electrons. The van der Waals surface area contributed by atoms with Crippen molar-refractivity contribution in [2.45, 2.75) is 51.9 Å². The van der Waals surface area contributed by atoms with Crippen LogP contribution < -0.4 is 5.32 Å².